The van der Waals surface area contributed by atoms with E-state index < -0.39 is 102 Å². The minimum atomic E-state index is -1.20. The minimum absolute atomic E-state index is 0.220. The summed E-state index contributed by atoms with van der Waals surface area (Å²) in [6.07, 6.45) is 0. The molecule has 0 radical (unpaired) electrons. The van der Waals surface area contributed by atoms with Crippen molar-refractivity contribution in [3.63, 3.8) is 0 Å². The third-order valence-corrected chi connectivity index (χ3v) is 6.37. The molecule has 0 aliphatic carbocycles. The van der Waals surface area contributed by atoms with Gasteiger partial charge in [-0.3, -0.25) is 0 Å². The first-order valence-electron chi connectivity index (χ1n) is 9.70. The Hall–Kier alpha value is -4.60. The molecule has 0 aromatic heterocycles. The number of rotatable bonds is 0. The van der Waals surface area contributed by atoms with Gasteiger partial charge < -0.3 is 9.47 Å². The lowest BCUT2D eigenvalue weighted by atomic mass is 9.82. The predicted octanol–water partition coefficient (Wildman–Crippen LogP) is 4.91. The second kappa shape index (κ2) is 5.66. The minimum Gasteiger partial charge on any atom is -0.386 e. The Kier molecular flexibility index (Phi) is 3.15. The van der Waals surface area contributed by atoms with Gasteiger partial charge in [0, 0.05) is 43.1 Å². The van der Waals surface area contributed by atoms with Gasteiger partial charge in [0.15, 0.2) is 0 Å². The van der Waals surface area contributed by atoms with Crippen LogP contribution in [0, 0.1) is 23.3 Å². The molecule has 5 aromatic rings. The number of fused-ring (bicyclic) bond motifs is 2. The van der Waals surface area contributed by atoms with E-state index in [-0.39, 0.29) is 10.8 Å². The first-order chi connectivity index (χ1) is 16.2. The lowest BCUT2D eigenvalue weighted by Gasteiger charge is -2.24. The van der Waals surface area contributed by atoms with Gasteiger partial charge in [-0.15, -0.1) is 0 Å². The molecule has 0 unspecified atom stereocenters. The molecule has 34 heavy (non-hydrogen) atoms. The van der Waals surface area contributed by atoms with Crippen LogP contribution < -0.4 is 0 Å². The fourth-order valence-electron chi connectivity index (χ4n) is 5.15. The molecule has 0 spiro atoms. The quantitative estimate of drug-likeness (QED) is 0.106. The maximum Gasteiger partial charge on any atom is 0.346 e. The summed E-state index contributed by atoms with van der Waals surface area (Å²) in [7, 11) is 0. The Morgan fingerprint density at radius 1 is 0.382 bits per heavy atom. The summed E-state index contributed by atoms with van der Waals surface area (Å²) in [5, 5.41) is -3.41. The number of carbonyl (C=O) groups is 4. The van der Waals surface area contributed by atoms with E-state index in [2.05, 4.69) is 9.47 Å². The van der Waals surface area contributed by atoms with Crippen molar-refractivity contribution in [1.82, 2.24) is 0 Å². The first-order valence-corrected chi connectivity index (χ1v) is 9.70. The van der Waals surface area contributed by atoms with Gasteiger partial charge in [0.1, 0.15) is 23.3 Å². The maximum atomic E-state index is 15.5. The monoisotopic (exact) mass is 464 g/mol. The van der Waals surface area contributed by atoms with E-state index in [1.165, 1.54) is 0 Å². The van der Waals surface area contributed by atoms with Gasteiger partial charge in [0.25, 0.3) is 0 Å². The largest absolute Gasteiger partial charge is 0.386 e. The van der Waals surface area contributed by atoms with Gasteiger partial charge in [-0.2, -0.15) is 0 Å². The van der Waals surface area contributed by atoms with E-state index in [1.807, 2.05) is 0 Å². The molecule has 164 valence electrons. The van der Waals surface area contributed by atoms with Crippen molar-refractivity contribution in [2.24, 2.45) is 0 Å². The van der Waals surface area contributed by atoms with Gasteiger partial charge in [0.2, 0.25) is 0 Å². The molecule has 0 saturated heterocycles. The fourth-order valence-corrected chi connectivity index (χ4v) is 5.15. The van der Waals surface area contributed by atoms with Gasteiger partial charge in [0.05, 0.1) is 22.3 Å². The summed E-state index contributed by atoms with van der Waals surface area (Å²) in [6, 6.07) is 2.86. The molecule has 2 heterocycles. The number of hydrogen-bond donors (Lipinski definition) is 0. The molecule has 2 aliphatic rings. The lowest BCUT2D eigenvalue weighted by Crippen LogP contribution is -2.22. The van der Waals surface area contributed by atoms with Crippen LogP contribution in [0.2, 0.25) is 0 Å². The normalized spacial score (nSPS) is 15.2. The summed E-state index contributed by atoms with van der Waals surface area (Å²) in [5.74, 6) is -9.53. The number of carbonyl (C=O) groups excluding carboxylic acids is 4. The number of cyclic esters (lactones) is 4. The third-order valence-electron chi connectivity index (χ3n) is 6.37. The van der Waals surface area contributed by atoms with Crippen molar-refractivity contribution in [2.45, 2.75) is 0 Å². The van der Waals surface area contributed by atoms with Crippen LogP contribution >= 0.6 is 0 Å². The fraction of sp³-hybridized carbons (Fsp3) is 0. The number of benzene rings is 5. The van der Waals surface area contributed by atoms with E-state index in [0.717, 1.165) is 0 Å². The second-order valence-electron chi connectivity index (χ2n) is 7.98. The maximum absolute atomic E-state index is 15.5. The van der Waals surface area contributed by atoms with Crippen molar-refractivity contribution in [1.29, 1.82) is 0 Å². The Bertz CT molecular complexity index is 1660. The summed E-state index contributed by atoms with van der Waals surface area (Å²) in [5.41, 5.74) is -1.66. The molecule has 10 heteroatoms. The molecular weight excluding hydrogens is 460 g/mol. The highest BCUT2D eigenvalue weighted by Crippen LogP contribution is 2.49. The highest BCUT2D eigenvalue weighted by atomic mass is 19.1. The Morgan fingerprint density at radius 3 is 0.853 bits per heavy atom. The Balaban J connectivity index is 1.93. The molecule has 0 N–H and O–H groups in total. The number of esters is 4. The number of hydrogen-bond acceptors (Lipinski definition) is 6. The summed E-state index contributed by atoms with van der Waals surface area (Å²) >= 11 is 0. The predicted molar refractivity (Wildman–Crippen MR) is 107 cm³/mol. The highest BCUT2D eigenvalue weighted by Gasteiger charge is 2.37. The number of ether oxygens (including phenoxy) is 2. The molecule has 2 aliphatic heterocycles. The van der Waals surface area contributed by atoms with Gasteiger partial charge >= 0.3 is 23.9 Å². The summed E-state index contributed by atoms with van der Waals surface area (Å²) in [6.45, 7) is 0. The van der Waals surface area contributed by atoms with E-state index >= 15 is 17.6 Å². The van der Waals surface area contributed by atoms with Crippen LogP contribution in [0.4, 0.5) is 17.6 Å². The van der Waals surface area contributed by atoms with Crippen molar-refractivity contribution in [3.05, 3.63) is 69.8 Å². The Labute approximate surface area is 183 Å². The van der Waals surface area contributed by atoms with Crippen molar-refractivity contribution < 1.29 is 46.2 Å². The Morgan fingerprint density at radius 2 is 0.618 bits per heavy atom. The van der Waals surface area contributed by atoms with Crippen molar-refractivity contribution in [3.8, 4) is 0 Å². The zero-order valence-corrected chi connectivity index (χ0v) is 16.3. The van der Waals surface area contributed by atoms with E-state index in [4.69, 9.17) is 0 Å². The zero-order chi connectivity index (χ0) is 23.8. The third kappa shape index (κ3) is 1.93. The molecule has 0 saturated carbocycles. The van der Waals surface area contributed by atoms with Crippen LogP contribution in [-0.4, -0.2) is 23.9 Å². The molecule has 0 bridgehead atoms. The standard InChI is InChI=1S/C24H4F4O6/c25-9-1-5-13-6(22(30)33-21(5)29)2-11(27)17-18-12(28)4-8-14-7(23(31)34-24(8)32)3-10(26)16(20(14)18)15(9)19(13)17/h1-4H. The molecule has 7 rings (SSSR count). The number of halogens is 4. The SMILES string of the molecule is O=C1OC(=O)c2cc(F)c3c4c(F)cc5c6c(cc(F)c(c7c(F)cc1c2c73)c64)C(=O)OC5=O. The topological polar surface area (TPSA) is 86.7 Å². The molecule has 0 atom stereocenters. The average molecular weight is 464 g/mol. The van der Waals surface area contributed by atoms with Crippen LogP contribution in [0.15, 0.2) is 24.3 Å². The van der Waals surface area contributed by atoms with Crippen LogP contribution in [0.3, 0.4) is 0 Å². The van der Waals surface area contributed by atoms with Gasteiger partial charge in [-0.1, -0.05) is 0 Å². The lowest BCUT2D eigenvalue weighted by molar-refractivity contribution is 0.0372. The molecule has 0 amide bonds. The van der Waals surface area contributed by atoms with Crippen LogP contribution in [0.1, 0.15) is 41.4 Å². The van der Waals surface area contributed by atoms with Gasteiger partial charge in [-0.05, 0) is 24.3 Å². The van der Waals surface area contributed by atoms with Gasteiger partial charge in [-0.25, -0.2) is 36.7 Å². The van der Waals surface area contributed by atoms with Crippen molar-refractivity contribution in [2.75, 3.05) is 0 Å². The summed E-state index contributed by atoms with van der Waals surface area (Å²) < 4.78 is 70.9. The van der Waals surface area contributed by atoms with E-state index in [0.29, 0.717) is 24.3 Å². The smallest absolute Gasteiger partial charge is 0.346 e. The molecule has 5 aromatic carbocycles. The van der Waals surface area contributed by atoms with E-state index in [1.54, 1.807) is 0 Å². The molecule has 6 nitrogen and oxygen atoms in total. The highest BCUT2D eigenvalue weighted by molar-refractivity contribution is 6.40. The zero-order valence-electron chi connectivity index (χ0n) is 16.3. The average Bonchev–Trinajstić information content (AvgIpc) is 2.77. The molecular formula is C24H4F4O6. The van der Waals surface area contributed by atoms with Crippen LogP contribution in [-0.2, 0) is 9.47 Å². The van der Waals surface area contributed by atoms with Crippen LogP contribution in [0.5, 0.6) is 0 Å². The van der Waals surface area contributed by atoms with Crippen molar-refractivity contribution >= 4 is 67.0 Å². The molecule has 0 fully saturated rings. The second-order valence-corrected chi connectivity index (χ2v) is 7.98. The first kappa shape index (κ1) is 18.9. The van der Waals surface area contributed by atoms with Crippen LogP contribution in [0.25, 0.3) is 43.1 Å². The summed E-state index contributed by atoms with van der Waals surface area (Å²) in [4.78, 5) is 49.1. The van der Waals surface area contributed by atoms with E-state index in [9.17, 15) is 19.2 Å².